The summed E-state index contributed by atoms with van der Waals surface area (Å²) in [6.07, 6.45) is 8.44. The van der Waals surface area contributed by atoms with Gasteiger partial charge in [-0.15, -0.1) is 0 Å². The third kappa shape index (κ3) is 2.66. The van der Waals surface area contributed by atoms with Gasteiger partial charge >= 0.3 is 5.97 Å². The van der Waals surface area contributed by atoms with Crippen molar-refractivity contribution < 1.29 is 14.7 Å². The molecule has 7 heteroatoms. The van der Waals surface area contributed by atoms with Gasteiger partial charge in [0.15, 0.2) is 0 Å². The van der Waals surface area contributed by atoms with Crippen LogP contribution in [0.5, 0.6) is 0 Å². The highest BCUT2D eigenvalue weighted by atomic mass is 16.4. The van der Waals surface area contributed by atoms with Crippen LogP contribution in [-0.2, 0) is 11.2 Å². The maximum Gasteiger partial charge on any atom is 0.335 e. The standard InChI is InChI=1S/C20H18N4O3/c25-19-9-21-18(23-10-16(22-11-23)12-4-5-12)8-17-14-2-1-3-15(20(26)27)13(14)6-7-24(17)19/h1-3,8,10-12H,4-7,9H2,(H,26,27). The van der Waals surface area contributed by atoms with Crippen molar-refractivity contribution >= 4 is 23.4 Å². The van der Waals surface area contributed by atoms with Gasteiger partial charge in [-0.25, -0.2) is 9.78 Å². The van der Waals surface area contributed by atoms with Crippen molar-refractivity contribution in [2.45, 2.75) is 25.2 Å². The largest absolute Gasteiger partial charge is 0.478 e. The van der Waals surface area contributed by atoms with E-state index in [1.807, 2.05) is 22.9 Å². The number of imidazole rings is 1. The molecule has 27 heavy (non-hydrogen) atoms. The highest BCUT2D eigenvalue weighted by Crippen LogP contribution is 2.39. The zero-order valence-corrected chi connectivity index (χ0v) is 14.6. The third-order valence-corrected chi connectivity index (χ3v) is 5.36. The number of aromatic carboxylic acids is 1. The summed E-state index contributed by atoms with van der Waals surface area (Å²) in [7, 11) is 0. The van der Waals surface area contributed by atoms with Crippen LogP contribution in [0.3, 0.4) is 0 Å². The second kappa shape index (κ2) is 5.90. The van der Waals surface area contributed by atoms with E-state index in [0.717, 1.165) is 16.8 Å². The number of carbonyl (C=O) groups excluding carboxylic acids is 1. The molecule has 2 aliphatic heterocycles. The number of carboxylic acids is 1. The number of aromatic nitrogens is 2. The van der Waals surface area contributed by atoms with E-state index < -0.39 is 5.97 Å². The van der Waals surface area contributed by atoms with Crippen LogP contribution >= 0.6 is 0 Å². The molecule has 0 bridgehead atoms. The van der Waals surface area contributed by atoms with Gasteiger partial charge in [-0.3, -0.25) is 14.4 Å². The molecular weight excluding hydrogens is 344 g/mol. The first-order chi connectivity index (χ1) is 13.1. The molecule has 1 N–H and O–H groups in total. The molecule has 1 aliphatic carbocycles. The molecule has 1 saturated carbocycles. The van der Waals surface area contributed by atoms with Gasteiger partial charge in [0.1, 0.15) is 18.7 Å². The number of benzene rings is 1. The molecule has 0 spiro atoms. The van der Waals surface area contributed by atoms with Crippen molar-refractivity contribution in [3.05, 3.63) is 59.2 Å². The van der Waals surface area contributed by atoms with E-state index >= 15 is 0 Å². The molecule has 0 radical (unpaired) electrons. The second-order valence-electron chi connectivity index (χ2n) is 7.12. The van der Waals surface area contributed by atoms with Crippen LogP contribution in [0.15, 0.2) is 41.8 Å². The number of carboxylic acid groups (broad SMARTS) is 1. The summed E-state index contributed by atoms with van der Waals surface area (Å²) in [4.78, 5) is 34.9. The first-order valence-electron chi connectivity index (χ1n) is 9.08. The van der Waals surface area contributed by atoms with Crippen LogP contribution in [0.2, 0.25) is 0 Å². The van der Waals surface area contributed by atoms with Crippen molar-refractivity contribution in [3.63, 3.8) is 0 Å². The van der Waals surface area contributed by atoms with Crippen molar-refractivity contribution in [2.24, 2.45) is 4.99 Å². The first-order valence-corrected chi connectivity index (χ1v) is 9.08. The molecular formula is C20H18N4O3. The summed E-state index contributed by atoms with van der Waals surface area (Å²) in [5, 5.41) is 9.50. The van der Waals surface area contributed by atoms with Gasteiger partial charge in [-0.05, 0) is 30.9 Å². The van der Waals surface area contributed by atoms with Gasteiger partial charge in [0.05, 0.1) is 17.0 Å². The number of hydrogen-bond donors (Lipinski definition) is 1. The Kier molecular flexibility index (Phi) is 3.50. The summed E-state index contributed by atoms with van der Waals surface area (Å²) in [5.41, 5.74) is 3.61. The minimum atomic E-state index is -0.946. The molecule has 0 saturated heterocycles. The van der Waals surface area contributed by atoms with Crippen LogP contribution in [0.4, 0.5) is 0 Å². The monoisotopic (exact) mass is 362 g/mol. The van der Waals surface area contributed by atoms with Gasteiger partial charge in [-0.1, -0.05) is 12.1 Å². The van der Waals surface area contributed by atoms with Crippen molar-refractivity contribution in [2.75, 3.05) is 13.1 Å². The number of fused-ring (bicyclic) bond motifs is 3. The SMILES string of the molecule is O=C(O)c1cccc2c1CCN1C(=O)CN=C(n3cnc(C4CC4)c3)C=C21. The lowest BCUT2D eigenvalue weighted by molar-refractivity contribution is -0.126. The molecule has 3 heterocycles. The molecule has 5 rings (SSSR count). The van der Waals surface area contributed by atoms with Gasteiger partial charge in [0, 0.05) is 30.3 Å². The molecule has 0 unspecified atom stereocenters. The minimum Gasteiger partial charge on any atom is -0.478 e. The summed E-state index contributed by atoms with van der Waals surface area (Å²) >= 11 is 0. The highest BCUT2D eigenvalue weighted by Gasteiger charge is 2.31. The van der Waals surface area contributed by atoms with E-state index in [2.05, 4.69) is 9.98 Å². The Morgan fingerprint density at radius 1 is 1.26 bits per heavy atom. The molecule has 2 aromatic rings. The molecule has 136 valence electrons. The Balaban J connectivity index is 1.62. The molecule has 1 fully saturated rings. The topological polar surface area (TPSA) is 87.8 Å². The number of hydrogen-bond acceptors (Lipinski definition) is 4. The van der Waals surface area contributed by atoms with Gasteiger partial charge < -0.3 is 10.0 Å². The number of aliphatic imine (C=N–C) groups is 1. The number of carbonyl (C=O) groups is 2. The van der Waals surface area contributed by atoms with E-state index in [-0.39, 0.29) is 12.5 Å². The Bertz CT molecular complexity index is 1030. The Labute approximate surface area is 155 Å². The van der Waals surface area contributed by atoms with Crippen LogP contribution < -0.4 is 0 Å². The van der Waals surface area contributed by atoms with E-state index in [0.29, 0.717) is 36.0 Å². The van der Waals surface area contributed by atoms with Crippen LogP contribution in [0, 0.1) is 0 Å². The number of rotatable bonds is 2. The Morgan fingerprint density at radius 3 is 2.89 bits per heavy atom. The predicted molar refractivity (Wildman–Crippen MR) is 98.7 cm³/mol. The Morgan fingerprint density at radius 2 is 2.11 bits per heavy atom. The molecule has 7 nitrogen and oxygen atoms in total. The van der Waals surface area contributed by atoms with Crippen molar-refractivity contribution in [3.8, 4) is 0 Å². The maximum atomic E-state index is 12.6. The van der Waals surface area contributed by atoms with Crippen LogP contribution in [0.25, 0.3) is 5.70 Å². The second-order valence-corrected chi connectivity index (χ2v) is 7.12. The summed E-state index contributed by atoms with van der Waals surface area (Å²) < 4.78 is 1.85. The zero-order chi connectivity index (χ0) is 18.5. The average molecular weight is 362 g/mol. The minimum absolute atomic E-state index is 0.0697. The third-order valence-electron chi connectivity index (χ3n) is 5.36. The smallest absolute Gasteiger partial charge is 0.335 e. The summed E-state index contributed by atoms with van der Waals surface area (Å²) in [6, 6.07) is 5.21. The normalized spacial score (nSPS) is 19.0. The quantitative estimate of drug-likeness (QED) is 0.887. The average Bonchev–Trinajstić information content (AvgIpc) is 3.43. The molecule has 1 amide bonds. The summed E-state index contributed by atoms with van der Waals surface area (Å²) in [6.45, 7) is 0.530. The van der Waals surface area contributed by atoms with Crippen molar-refractivity contribution in [1.29, 1.82) is 0 Å². The molecule has 1 aromatic carbocycles. The van der Waals surface area contributed by atoms with E-state index in [1.54, 1.807) is 23.4 Å². The van der Waals surface area contributed by atoms with E-state index in [9.17, 15) is 14.7 Å². The van der Waals surface area contributed by atoms with E-state index in [1.165, 1.54) is 12.8 Å². The maximum absolute atomic E-state index is 12.6. The first kappa shape index (κ1) is 16.0. The molecule has 3 aliphatic rings. The number of nitrogens with zero attached hydrogens (tertiary/aromatic N) is 4. The van der Waals surface area contributed by atoms with Gasteiger partial charge in [0.25, 0.3) is 0 Å². The van der Waals surface area contributed by atoms with Crippen LogP contribution in [0.1, 0.15) is 45.9 Å². The van der Waals surface area contributed by atoms with Crippen LogP contribution in [-0.4, -0.2) is 50.4 Å². The lowest BCUT2D eigenvalue weighted by Crippen LogP contribution is -2.36. The fourth-order valence-corrected chi connectivity index (χ4v) is 3.81. The lowest BCUT2D eigenvalue weighted by atomic mass is 9.91. The zero-order valence-electron chi connectivity index (χ0n) is 14.6. The fraction of sp³-hybridized carbons (Fsp3) is 0.300. The molecule has 1 aromatic heterocycles. The number of amides is 1. The van der Waals surface area contributed by atoms with E-state index in [4.69, 9.17) is 0 Å². The van der Waals surface area contributed by atoms with Gasteiger partial charge in [-0.2, -0.15) is 0 Å². The Hall–Kier alpha value is -3.22. The number of allylic oxidation sites excluding steroid dienone is 1. The fourth-order valence-electron chi connectivity index (χ4n) is 3.81. The van der Waals surface area contributed by atoms with Crippen molar-refractivity contribution in [1.82, 2.24) is 14.5 Å². The summed E-state index contributed by atoms with van der Waals surface area (Å²) in [5.74, 6) is 0.161. The van der Waals surface area contributed by atoms with Gasteiger partial charge in [0.2, 0.25) is 5.91 Å². The molecule has 0 atom stereocenters. The lowest BCUT2D eigenvalue weighted by Gasteiger charge is -2.31. The highest BCUT2D eigenvalue weighted by molar-refractivity contribution is 6.07. The predicted octanol–water partition coefficient (Wildman–Crippen LogP) is 2.14.